The highest BCUT2D eigenvalue weighted by molar-refractivity contribution is 5.30. The topological polar surface area (TPSA) is 47.3 Å². The van der Waals surface area contributed by atoms with Crippen LogP contribution in [0.3, 0.4) is 0 Å². The van der Waals surface area contributed by atoms with E-state index in [1.807, 2.05) is 18.5 Å². The number of aryl methyl sites for hydroxylation is 1. The summed E-state index contributed by atoms with van der Waals surface area (Å²) in [6.45, 7) is 6.75. The first-order chi connectivity index (χ1) is 8.06. The van der Waals surface area contributed by atoms with Crippen molar-refractivity contribution in [3.05, 3.63) is 11.9 Å². The number of methoxy groups -OCH3 is 1. The molecule has 0 aliphatic heterocycles. The normalized spacial score (nSPS) is 14.6. The van der Waals surface area contributed by atoms with Gasteiger partial charge in [-0.3, -0.25) is 4.68 Å². The minimum atomic E-state index is -0.868. The van der Waals surface area contributed by atoms with E-state index in [4.69, 9.17) is 4.74 Å². The Labute approximate surface area is 104 Å². The SMILES string of the molecule is CCCCCC(C)(O)c1c(OC)cnn1CC. The number of nitrogens with zero attached hydrogens (tertiary/aromatic N) is 2. The zero-order chi connectivity index (χ0) is 12.9. The third kappa shape index (κ3) is 3.22. The molecule has 0 aliphatic carbocycles. The molecule has 0 bridgehead atoms. The summed E-state index contributed by atoms with van der Waals surface area (Å²) in [4.78, 5) is 0. The number of aromatic nitrogens is 2. The van der Waals surface area contributed by atoms with E-state index >= 15 is 0 Å². The summed E-state index contributed by atoms with van der Waals surface area (Å²) in [5.74, 6) is 0.674. The van der Waals surface area contributed by atoms with E-state index in [0.717, 1.165) is 37.9 Å². The molecule has 0 aliphatic rings. The first-order valence-corrected chi connectivity index (χ1v) is 6.39. The van der Waals surface area contributed by atoms with Crippen molar-refractivity contribution in [3.8, 4) is 5.75 Å². The van der Waals surface area contributed by atoms with Crippen molar-refractivity contribution in [2.75, 3.05) is 7.11 Å². The van der Waals surface area contributed by atoms with Crippen molar-refractivity contribution in [1.29, 1.82) is 0 Å². The van der Waals surface area contributed by atoms with E-state index in [9.17, 15) is 5.11 Å². The monoisotopic (exact) mass is 240 g/mol. The molecule has 1 N–H and O–H groups in total. The van der Waals surface area contributed by atoms with Crippen molar-refractivity contribution in [2.24, 2.45) is 0 Å². The maximum Gasteiger partial charge on any atom is 0.162 e. The zero-order valence-corrected chi connectivity index (χ0v) is 11.4. The highest BCUT2D eigenvalue weighted by atomic mass is 16.5. The van der Waals surface area contributed by atoms with Crippen LogP contribution in [0.1, 0.15) is 52.1 Å². The molecule has 4 nitrogen and oxygen atoms in total. The van der Waals surface area contributed by atoms with Crippen molar-refractivity contribution >= 4 is 0 Å². The third-order valence-electron chi connectivity index (χ3n) is 3.10. The third-order valence-corrected chi connectivity index (χ3v) is 3.10. The molecule has 0 aromatic carbocycles. The smallest absolute Gasteiger partial charge is 0.162 e. The highest BCUT2D eigenvalue weighted by Crippen LogP contribution is 2.33. The summed E-state index contributed by atoms with van der Waals surface area (Å²) >= 11 is 0. The minimum absolute atomic E-state index is 0.674. The Morgan fingerprint density at radius 1 is 1.41 bits per heavy atom. The fourth-order valence-corrected chi connectivity index (χ4v) is 2.14. The van der Waals surface area contributed by atoms with Crippen LogP contribution in [-0.4, -0.2) is 22.0 Å². The molecule has 0 saturated heterocycles. The lowest BCUT2D eigenvalue weighted by atomic mass is 9.94. The van der Waals surface area contributed by atoms with Crippen LogP contribution in [0.4, 0.5) is 0 Å². The lowest BCUT2D eigenvalue weighted by molar-refractivity contribution is 0.0333. The molecule has 98 valence electrons. The molecule has 1 aromatic rings. The van der Waals surface area contributed by atoms with Crippen LogP contribution in [0.2, 0.25) is 0 Å². The maximum absolute atomic E-state index is 10.6. The van der Waals surface area contributed by atoms with Gasteiger partial charge in [0.15, 0.2) is 5.75 Å². The van der Waals surface area contributed by atoms with Crippen molar-refractivity contribution in [2.45, 2.75) is 58.6 Å². The van der Waals surface area contributed by atoms with Crippen LogP contribution in [0.5, 0.6) is 5.75 Å². The fraction of sp³-hybridized carbons (Fsp3) is 0.769. The molecule has 1 heterocycles. The first-order valence-electron chi connectivity index (χ1n) is 6.39. The molecule has 1 atom stereocenters. The number of hydrogen-bond acceptors (Lipinski definition) is 3. The average Bonchev–Trinajstić information content (AvgIpc) is 2.72. The predicted octanol–water partition coefficient (Wildman–Crippen LogP) is 2.70. The Balaban J connectivity index is 2.90. The quantitative estimate of drug-likeness (QED) is 0.745. The molecular weight excluding hydrogens is 216 g/mol. The molecule has 1 rings (SSSR count). The van der Waals surface area contributed by atoms with E-state index in [2.05, 4.69) is 12.0 Å². The van der Waals surface area contributed by atoms with Gasteiger partial charge >= 0.3 is 0 Å². The summed E-state index contributed by atoms with van der Waals surface area (Å²) in [5, 5.41) is 14.8. The Morgan fingerprint density at radius 2 is 2.12 bits per heavy atom. The molecule has 0 radical (unpaired) electrons. The van der Waals surface area contributed by atoms with Crippen LogP contribution in [0, 0.1) is 0 Å². The highest BCUT2D eigenvalue weighted by Gasteiger charge is 2.30. The van der Waals surface area contributed by atoms with Gasteiger partial charge in [0, 0.05) is 6.54 Å². The predicted molar refractivity (Wildman–Crippen MR) is 68.2 cm³/mol. The molecule has 1 unspecified atom stereocenters. The molecule has 0 spiro atoms. The van der Waals surface area contributed by atoms with E-state index in [1.165, 1.54) is 0 Å². The second-order valence-corrected chi connectivity index (χ2v) is 4.61. The summed E-state index contributed by atoms with van der Waals surface area (Å²) < 4.78 is 7.09. The minimum Gasteiger partial charge on any atom is -0.493 e. The summed E-state index contributed by atoms with van der Waals surface area (Å²) in [6.07, 6.45) is 5.72. The van der Waals surface area contributed by atoms with E-state index < -0.39 is 5.60 Å². The molecule has 1 aromatic heterocycles. The van der Waals surface area contributed by atoms with Crippen LogP contribution in [0.25, 0.3) is 0 Å². The molecule has 0 saturated carbocycles. The lowest BCUT2D eigenvalue weighted by Crippen LogP contribution is -2.26. The van der Waals surface area contributed by atoms with Gasteiger partial charge in [0.2, 0.25) is 0 Å². The Kier molecular flexibility index (Phi) is 5.00. The Hall–Kier alpha value is -1.03. The summed E-state index contributed by atoms with van der Waals surface area (Å²) in [6, 6.07) is 0. The van der Waals surface area contributed by atoms with Gasteiger partial charge in [-0.15, -0.1) is 0 Å². The van der Waals surface area contributed by atoms with Gasteiger partial charge in [0.25, 0.3) is 0 Å². The number of ether oxygens (including phenoxy) is 1. The van der Waals surface area contributed by atoms with Gasteiger partial charge in [-0.2, -0.15) is 5.10 Å². The van der Waals surface area contributed by atoms with Crippen molar-refractivity contribution in [3.63, 3.8) is 0 Å². The maximum atomic E-state index is 10.6. The fourth-order valence-electron chi connectivity index (χ4n) is 2.14. The molecule has 0 amide bonds. The second kappa shape index (κ2) is 6.05. The molecule has 17 heavy (non-hydrogen) atoms. The Bertz CT molecular complexity index is 324. The number of rotatable bonds is 7. The van der Waals surface area contributed by atoms with Crippen LogP contribution < -0.4 is 4.74 Å². The van der Waals surface area contributed by atoms with Gasteiger partial charge < -0.3 is 9.84 Å². The second-order valence-electron chi connectivity index (χ2n) is 4.61. The van der Waals surface area contributed by atoms with E-state index in [1.54, 1.807) is 13.3 Å². The molecule has 4 heteroatoms. The van der Waals surface area contributed by atoms with Crippen LogP contribution in [0.15, 0.2) is 6.20 Å². The summed E-state index contributed by atoms with van der Waals surface area (Å²) in [5.41, 5.74) is -0.0777. The number of hydrogen-bond donors (Lipinski definition) is 1. The molecule has 0 fully saturated rings. The van der Waals surface area contributed by atoms with E-state index in [-0.39, 0.29) is 0 Å². The van der Waals surface area contributed by atoms with E-state index in [0.29, 0.717) is 5.75 Å². The van der Waals surface area contributed by atoms with Crippen LogP contribution >= 0.6 is 0 Å². The zero-order valence-electron chi connectivity index (χ0n) is 11.4. The van der Waals surface area contributed by atoms with Gasteiger partial charge in [0.1, 0.15) is 11.3 Å². The first kappa shape index (κ1) is 14.0. The van der Waals surface area contributed by atoms with Crippen molar-refractivity contribution < 1.29 is 9.84 Å². The lowest BCUT2D eigenvalue weighted by Gasteiger charge is -2.25. The van der Waals surface area contributed by atoms with Gasteiger partial charge in [0.05, 0.1) is 13.3 Å². The molecular formula is C13H24N2O2. The number of aliphatic hydroxyl groups is 1. The van der Waals surface area contributed by atoms with Gasteiger partial charge in [-0.05, 0) is 20.3 Å². The Morgan fingerprint density at radius 3 is 2.65 bits per heavy atom. The number of unbranched alkanes of at least 4 members (excludes halogenated alkanes) is 2. The standard InChI is InChI=1S/C13H24N2O2/c1-5-7-8-9-13(3,16)12-11(17-4)10-14-15(12)6-2/h10,16H,5-9H2,1-4H3. The average molecular weight is 240 g/mol. The largest absolute Gasteiger partial charge is 0.493 e. The van der Waals surface area contributed by atoms with Crippen LogP contribution in [-0.2, 0) is 12.1 Å². The van der Waals surface area contributed by atoms with Gasteiger partial charge in [-0.25, -0.2) is 0 Å². The van der Waals surface area contributed by atoms with Gasteiger partial charge in [-0.1, -0.05) is 26.2 Å². The summed E-state index contributed by atoms with van der Waals surface area (Å²) in [7, 11) is 1.61. The van der Waals surface area contributed by atoms with Crippen molar-refractivity contribution in [1.82, 2.24) is 9.78 Å².